The molecule has 1 fully saturated rings. The van der Waals surface area contributed by atoms with Crippen LogP contribution in [0.2, 0.25) is 0 Å². The van der Waals surface area contributed by atoms with E-state index in [4.69, 9.17) is 14.0 Å². The molecule has 3 rings (SSSR count). The fraction of sp³-hybridized carbons (Fsp3) is 0.467. The first kappa shape index (κ1) is 13.9. The van der Waals surface area contributed by atoms with Gasteiger partial charge in [0.1, 0.15) is 17.1 Å². The van der Waals surface area contributed by atoms with Crippen LogP contribution in [-0.2, 0) is 10.3 Å². The molecular weight excluding hydrogens is 272 g/mol. The highest BCUT2D eigenvalue weighted by atomic mass is 16.5. The molecule has 1 N–H and O–H groups in total. The number of aromatic nitrogens is 2. The van der Waals surface area contributed by atoms with Crippen LogP contribution in [0, 0.1) is 0 Å². The van der Waals surface area contributed by atoms with E-state index in [1.54, 1.807) is 26.4 Å². The van der Waals surface area contributed by atoms with E-state index in [2.05, 4.69) is 10.1 Å². The van der Waals surface area contributed by atoms with Crippen molar-refractivity contribution in [2.24, 2.45) is 0 Å². The minimum Gasteiger partial charge on any atom is -0.507 e. The molecule has 1 aliphatic carbocycles. The van der Waals surface area contributed by atoms with Crippen LogP contribution < -0.4 is 4.74 Å². The first-order valence-electron chi connectivity index (χ1n) is 6.95. The molecule has 0 saturated heterocycles. The summed E-state index contributed by atoms with van der Waals surface area (Å²) in [6.45, 7) is 0. The van der Waals surface area contributed by atoms with Gasteiger partial charge in [-0.1, -0.05) is 5.16 Å². The van der Waals surface area contributed by atoms with Crippen LogP contribution in [0.3, 0.4) is 0 Å². The van der Waals surface area contributed by atoms with Gasteiger partial charge in [0.15, 0.2) is 0 Å². The predicted molar refractivity (Wildman–Crippen MR) is 75.1 cm³/mol. The first-order valence-corrected chi connectivity index (χ1v) is 6.95. The monoisotopic (exact) mass is 290 g/mol. The van der Waals surface area contributed by atoms with Crippen molar-refractivity contribution in [3.8, 4) is 23.0 Å². The smallest absolute Gasteiger partial charge is 0.261 e. The number of nitrogens with zero attached hydrogens (tertiary/aromatic N) is 2. The Labute approximate surface area is 122 Å². The van der Waals surface area contributed by atoms with E-state index < -0.39 is 5.60 Å². The maximum Gasteiger partial charge on any atom is 0.261 e. The van der Waals surface area contributed by atoms with Gasteiger partial charge in [-0.25, -0.2) is 0 Å². The average Bonchev–Trinajstić information content (AvgIpc) is 3.16. The topological polar surface area (TPSA) is 77.6 Å². The van der Waals surface area contributed by atoms with Gasteiger partial charge < -0.3 is 19.1 Å². The second-order valence-electron chi connectivity index (χ2n) is 5.21. The molecule has 1 aromatic heterocycles. The maximum absolute atomic E-state index is 10.0. The predicted octanol–water partition coefficient (Wildman–Crippen LogP) is 2.87. The van der Waals surface area contributed by atoms with E-state index in [1.165, 1.54) is 6.07 Å². The molecule has 1 saturated carbocycles. The van der Waals surface area contributed by atoms with Crippen LogP contribution in [0.1, 0.15) is 31.5 Å². The standard InChI is InChI=1S/C15H18N2O4/c1-19-10-5-6-11(12(18)9-10)13-16-14(17-21-13)15(20-2)7-3-4-8-15/h5-6,9,18H,3-4,7-8H2,1-2H3. The highest BCUT2D eigenvalue weighted by Crippen LogP contribution is 2.41. The van der Waals surface area contributed by atoms with Crippen molar-refractivity contribution in [2.45, 2.75) is 31.3 Å². The van der Waals surface area contributed by atoms with Crippen molar-refractivity contribution in [3.63, 3.8) is 0 Å². The van der Waals surface area contributed by atoms with Crippen LogP contribution >= 0.6 is 0 Å². The first-order chi connectivity index (χ1) is 10.2. The Morgan fingerprint density at radius 2 is 2.00 bits per heavy atom. The number of aromatic hydroxyl groups is 1. The van der Waals surface area contributed by atoms with Crippen molar-refractivity contribution in [3.05, 3.63) is 24.0 Å². The van der Waals surface area contributed by atoms with Gasteiger partial charge in [-0.15, -0.1) is 0 Å². The largest absolute Gasteiger partial charge is 0.507 e. The van der Waals surface area contributed by atoms with Crippen molar-refractivity contribution in [2.75, 3.05) is 14.2 Å². The summed E-state index contributed by atoms with van der Waals surface area (Å²) in [6.07, 6.45) is 3.95. The Bertz CT molecular complexity index is 632. The third kappa shape index (κ3) is 2.35. The Balaban J connectivity index is 1.95. The van der Waals surface area contributed by atoms with Gasteiger partial charge >= 0.3 is 0 Å². The molecule has 0 spiro atoms. The molecule has 112 valence electrons. The molecule has 6 nitrogen and oxygen atoms in total. The van der Waals surface area contributed by atoms with Gasteiger partial charge in [-0.05, 0) is 37.8 Å². The molecular formula is C15H18N2O4. The Morgan fingerprint density at radius 3 is 2.62 bits per heavy atom. The van der Waals surface area contributed by atoms with Crippen LogP contribution in [0.25, 0.3) is 11.5 Å². The van der Waals surface area contributed by atoms with E-state index in [-0.39, 0.29) is 11.6 Å². The van der Waals surface area contributed by atoms with E-state index in [1.807, 2.05) is 0 Å². The minimum absolute atomic E-state index is 0.0439. The minimum atomic E-state index is -0.455. The molecule has 0 radical (unpaired) electrons. The van der Waals surface area contributed by atoms with E-state index in [0.717, 1.165) is 25.7 Å². The summed E-state index contributed by atoms with van der Waals surface area (Å²) < 4.78 is 16.0. The van der Waals surface area contributed by atoms with Crippen molar-refractivity contribution in [1.82, 2.24) is 10.1 Å². The Hall–Kier alpha value is -2.08. The van der Waals surface area contributed by atoms with Crippen molar-refractivity contribution in [1.29, 1.82) is 0 Å². The van der Waals surface area contributed by atoms with E-state index in [9.17, 15) is 5.11 Å². The number of phenols is 1. The summed E-state index contributed by atoms with van der Waals surface area (Å²) >= 11 is 0. The van der Waals surface area contributed by atoms with Gasteiger partial charge in [0, 0.05) is 13.2 Å². The Morgan fingerprint density at radius 1 is 1.24 bits per heavy atom. The van der Waals surface area contributed by atoms with Gasteiger partial charge in [0.05, 0.1) is 12.7 Å². The highest BCUT2D eigenvalue weighted by molar-refractivity contribution is 5.63. The van der Waals surface area contributed by atoms with Crippen molar-refractivity contribution < 1.29 is 19.1 Å². The highest BCUT2D eigenvalue weighted by Gasteiger charge is 2.40. The second-order valence-corrected chi connectivity index (χ2v) is 5.21. The summed E-state index contributed by atoms with van der Waals surface area (Å²) in [6, 6.07) is 4.95. The number of hydrogen-bond donors (Lipinski definition) is 1. The SMILES string of the molecule is COc1ccc(-c2nc(C3(OC)CCCC3)no2)c(O)c1. The number of benzene rings is 1. The van der Waals surface area contributed by atoms with E-state index >= 15 is 0 Å². The molecule has 0 bridgehead atoms. The Kier molecular flexibility index (Phi) is 3.55. The summed E-state index contributed by atoms with van der Waals surface area (Å²) in [4.78, 5) is 4.42. The van der Waals surface area contributed by atoms with Crippen LogP contribution in [0.5, 0.6) is 11.5 Å². The van der Waals surface area contributed by atoms with Crippen LogP contribution in [-0.4, -0.2) is 29.5 Å². The second kappa shape index (κ2) is 5.37. The fourth-order valence-corrected chi connectivity index (χ4v) is 2.80. The summed E-state index contributed by atoms with van der Waals surface area (Å²) in [5.74, 6) is 1.45. The quantitative estimate of drug-likeness (QED) is 0.933. The third-order valence-electron chi connectivity index (χ3n) is 4.07. The number of rotatable bonds is 4. The lowest BCUT2D eigenvalue weighted by Gasteiger charge is -2.22. The number of phenolic OH excluding ortho intramolecular Hbond substituents is 1. The molecule has 0 unspecified atom stereocenters. The normalized spacial score (nSPS) is 17.0. The zero-order valence-corrected chi connectivity index (χ0v) is 12.1. The molecule has 6 heteroatoms. The van der Waals surface area contributed by atoms with Crippen LogP contribution in [0.4, 0.5) is 0 Å². The molecule has 0 amide bonds. The molecule has 21 heavy (non-hydrogen) atoms. The molecule has 0 atom stereocenters. The number of hydrogen-bond acceptors (Lipinski definition) is 6. The van der Waals surface area contributed by atoms with Gasteiger partial charge in [-0.2, -0.15) is 4.98 Å². The lowest BCUT2D eigenvalue weighted by atomic mass is 10.0. The summed E-state index contributed by atoms with van der Waals surface area (Å²) in [7, 11) is 3.22. The number of methoxy groups -OCH3 is 2. The van der Waals surface area contributed by atoms with Gasteiger partial charge in [-0.3, -0.25) is 0 Å². The lowest BCUT2D eigenvalue weighted by Crippen LogP contribution is -2.25. The van der Waals surface area contributed by atoms with Crippen LogP contribution in [0.15, 0.2) is 22.7 Å². The lowest BCUT2D eigenvalue weighted by molar-refractivity contribution is -0.0178. The maximum atomic E-state index is 10.0. The average molecular weight is 290 g/mol. The zero-order chi connectivity index (χ0) is 14.9. The zero-order valence-electron chi connectivity index (χ0n) is 12.1. The van der Waals surface area contributed by atoms with Crippen molar-refractivity contribution >= 4 is 0 Å². The van der Waals surface area contributed by atoms with E-state index in [0.29, 0.717) is 17.1 Å². The summed E-state index contributed by atoms with van der Waals surface area (Å²) in [5.41, 5.74) is 0.0305. The third-order valence-corrected chi connectivity index (χ3v) is 4.07. The van der Waals surface area contributed by atoms with Gasteiger partial charge in [0.2, 0.25) is 5.82 Å². The molecule has 1 heterocycles. The fourth-order valence-electron chi connectivity index (χ4n) is 2.80. The molecule has 1 aliphatic rings. The summed E-state index contributed by atoms with van der Waals surface area (Å²) in [5, 5.41) is 14.1. The molecule has 0 aliphatic heterocycles. The molecule has 2 aromatic rings. The molecule has 1 aromatic carbocycles. The van der Waals surface area contributed by atoms with Gasteiger partial charge in [0.25, 0.3) is 5.89 Å². The number of ether oxygens (including phenoxy) is 2.